The van der Waals surface area contributed by atoms with E-state index >= 15 is 0 Å². The molecule has 1 aliphatic rings. The maximum absolute atomic E-state index is 12.1. The zero-order valence-electron chi connectivity index (χ0n) is 12.3. The first-order valence-corrected chi connectivity index (χ1v) is 7.59. The van der Waals surface area contributed by atoms with Crippen LogP contribution in [0.5, 0.6) is 5.75 Å². The lowest BCUT2D eigenvalue weighted by atomic mass is 10.1. The predicted molar refractivity (Wildman–Crippen MR) is 80.6 cm³/mol. The molecule has 2 N–H and O–H groups in total. The molecule has 2 rings (SSSR count). The van der Waals surface area contributed by atoms with Crippen molar-refractivity contribution in [3.63, 3.8) is 0 Å². The van der Waals surface area contributed by atoms with Gasteiger partial charge in [-0.1, -0.05) is 25.4 Å². The van der Waals surface area contributed by atoms with Gasteiger partial charge in [0, 0.05) is 6.07 Å². The first-order valence-electron chi connectivity index (χ1n) is 7.21. The Bertz CT molecular complexity index is 504. The molecule has 0 radical (unpaired) electrons. The standard InChI is InChI=1S/C15H21ClN2O3/c1-9(2)13(7-19)18-15(20)12-5-14(11(16)6-17-12)21-8-10-3-4-10/h5-6,9-10,13,19H,3-4,7-8H2,1-2H3,(H,18,20). The van der Waals surface area contributed by atoms with E-state index in [1.54, 1.807) is 6.07 Å². The van der Waals surface area contributed by atoms with Gasteiger partial charge in [0.05, 0.1) is 25.5 Å². The van der Waals surface area contributed by atoms with Crippen molar-refractivity contribution < 1.29 is 14.6 Å². The zero-order chi connectivity index (χ0) is 15.4. The molecule has 1 aromatic rings. The lowest BCUT2D eigenvalue weighted by Gasteiger charge is -2.19. The molecular formula is C15H21ClN2O3. The number of nitrogens with zero attached hydrogens (tertiary/aromatic N) is 1. The van der Waals surface area contributed by atoms with Gasteiger partial charge in [0.1, 0.15) is 16.5 Å². The molecule has 1 aromatic heterocycles. The van der Waals surface area contributed by atoms with Crippen molar-refractivity contribution in [2.75, 3.05) is 13.2 Å². The molecule has 1 fully saturated rings. The highest BCUT2D eigenvalue weighted by molar-refractivity contribution is 6.32. The van der Waals surface area contributed by atoms with E-state index in [4.69, 9.17) is 16.3 Å². The van der Waals surface area contributed by atoms with Crippen molar-refractivity contribution in [3.05, 3.63) is 23.0 Å². The third kappa shape index (κ3) is 4.58. The fraction of sp³-hybridized carbons (Fsp3) is 0.600. The number of hydrogen-bond acceptors (Lipinski definition) is 4. The number of nitrogens with one attached hydrogen (secondary N) is 1. The molecule has 0 aromatic carbocycles. The number of rotatable bonds is 7. The Morgan fingerprint density at radius 1 is 1.57 bits per heavy atom. The van der Waals surface area contributed by atoms with Crippen LogP contribution in [-0.4, -0.2) is 35.3 Å². The van der Waals surface area contributed by atoms with Crippen LogP contribution in [0.3, 0.4) is 0 Å². The number of amides is 1. The molecular weight excluding hydrogens is 292 g/mol. The van der Waals surface area contributed by atoms with E-state index in [0.29, 0.717) is 23.3 Å². The van der Waals surface area contributed by atoms with E-state index in [-0.39, 0.29) is 30.2 Å². The average Bonchev–Trinajstić information content (AvgIpc) is 3.27. The minimum absolute atomic E-state index is 0.109. The summed E-state index contributed by atoms with van der Waals surface area (Å²) < 4.78 is 5.63. The highest BCUT2D eigenvalue weighted by Gasteiger charge is 2.23. The minimum Gasteiger partial charge on any atom is -0.492 e. The number of aliphatic hydroxyl groups is 1. The molecule has 0 aliphatic heterocycles. The molecule has 1 amide bonds. The molecule has 1 atom stereocenters. The SMILES string of the molecule is CC(C)C(CO)NC(=O)c1cc(OCC2CC2)c(Cl)cn1. The first-order chi connectivity index (χ1) is 10.0. The van der Waals surface area contributed by atoms with E-state index in [2.05, 4.69) is 10.3 Å². The van der Waals surface area contributed by atoms with Gasteiger partial charge in [-0.15, -0.1) is 0 Å². The molecule has 21 heavy (non-hydrogen) atoms. The molecule has 1 aliphatic carbocycles. The second-order valence-corrected chi connectivity index (χ2v) is 6.17. The third-order valence-corrected chi connectivity index (χ3v) is 3.83. The van der Waals surface area contributed by atoms with Gasteiger partial charge in [-0.05, 0) is 24.7 Å². The van der Waals surface area contributed by atoms with Gasteiger partial charge in [-0.3, -0.25) is 4.79 Å². The van der Waals surface area contributed by atoms with Crippen LogP contribution in [0.15, 0.2) is 12.3 Å². The Morgan fingerprint density at radius 3 is 2.86 bits per heavy atom. The van der Waals surface area contributed by atoms with Crippen molar-refractivity contribution in [3.8, 4) is 5.75 Å². The Hall–Kier alpha value is -1.33. The Labute approximate surface area is 129 Å². The largest absolute Gasteiger partial charge is 0.492 e. The molecule has 6 heteroatoms. The summed E-state index contributed by atoms with van der Waals surface area (Å²) >= 11 is 6.03. The van der Waals surface area contributed by atoms with E-state index in [0.717, 1.165) is 0 Å². The van der Waals surface area contributed by atoms with Crippen molar-refractivity contribution in [1.82, 2.24) is 10.3 Å². The number of hydrogen-bond donors (Lipinski definition) is 2. The van der Waals surface area contributed by atoms with Crippen LogP contribution < -0.4 is 10.1 Å². The molecule has 1 heterocycles. The van der Waals surface area contributed by atoms with Crippen molar-refractivity contribution in [2.24, 2.45) is 11.8 Å². The highest BCUT2D eigenvalue weighted by Crippen LogP contribution is 2.31. The van der Waals surface area contributed by atoms with E-state index in [9.17, 15) is 9.90 Å². The monoisotopic (exact) mass is 312 g/mol. The first kappa shape index (κ1) is 16.0. The number of aliphatic hydroxyl groups excluding tert-OH is 1. The lowest BCUT2D eigenvalue weighted by molar-refractivity contribution is 0.0891. The second kappa shape index (κ2) is 7.09. The lowest BCUT2D eigenvalue weighted by Crippen LogP contribution is -2.41. The Balaban J connectivity index is 2.03. The maximum Gasteiger partial charge on any atom is 0.270 e. The second-order valence-electron chi connectivity index (χ2n) is 5.76. The van der Waals surface area contributed by atoms with Gasteiger partial charge in [-0.25, -0.2) is 4.98 Å². The summed E-state index contributed by atoms with van der Waals surface area (Å²) in [5.74, 6) is 0.882. The summed E-state index contributed by atoms with van der Waals surface area (Å²) in [5.41, 5.74) is 0.240. The van der Waals surface area contributed by atoms with Crippen LogP contribution in [0.1, 0.15) is 37.2 Å². The fourth-order valence-electron chi connectivity index (χ4n) is 1.81. The Morgan fingerprint density at radius 2 is 2.29 bits per heavy atom. The van der Waals surface area contributed by atoms with Crippen LogP contribution in [0.25, 0.3) is 0 Å². The average molecular weight is 313 g/mol. The number of pyridine rings is 1. The summed E-state index contributed by atoms with van der Waals surface area (Å²) in [6.45, 7) is 4.37. The predicted octanol–water partition coefficient (Wildman–Crippen LogP) is 2.27. The number of ether oxygens (including phenoxy) is 1. The molecule has 116 valence electrons. The van der Waals surface area contributed by atoms with Crippen molar-refractivity contribution in [1.29, 1.82) is 0 Å². The molecule has 5 nitrogen and oxygen atoms in total. The Kier molecular flexibility index (Phi) is 5.42. The molecule has 0 spiro atoms. The maximum atomic E-state index is 12.1. The summed E-state index contributed by atoms with van der Waals surface area (Å²) in [5, 5.41) is 12.4. The molecule has 1 unspecified atom stereocenters. The van der Waals surface area contributed by atoms with Crippen molar-refractivity contribution in [2.45, 2.75) is 32.7 Å². The molecule has 0 saturated heterocycles. The van der Waals surface area contributed by atoms with Crippen molar-refractivity contribution >= 4 is 17.5 Å². The highest BCUT2D eigenvalue weighted by atomic mass is 35.5. The smallest absolute Gasteiger partial charge is 0.270 e. The van der Waals surface area contributed by atoms with Gasteiger partial charge in [0.15, 0.2) is 0 Å². The van der Waals surface area contributed by atoms with Crippen LogP contribution in [-0.2, 0) is 0 Å². The van der Waals surface area contributed by atoms with Gasteiger partial charge < -0.3 is 15.2 Å². The summed E-state index contributed by atoms with van der Waals surface area (Å²) in [6.07, 6.45) is 3.78. The number of carbonyl (C=O) groups is 1. The minimum atomic E-state index is -0.337. The van der Waals surface area contributed by atoms with E-state index in [1.807, 2.05) is 13.8 Å². The summed E-state index contributed by atoms with van der Waals surface area (Å²) in [7, 11) is 0. The van der Waals surface area contributed by atoms with Gasteiger partial charge in [-0.2, -0.15) is 0 Å². The quantitative estimate of drug-likeness (QED) is 0.810. The summed E-state index contributed by atoms with van der Waals surface area (Å²) in [6, 6.07) is 1.25. The van der Waals surface area contributed by atoms with Crippen LogP contribution >= 0.6 is 11.6 Å². The molecule has 0 bridgehead atoms. The summed E-state index contributed by atoms with van der Waals surface area (Å²) in [4.78, 5) is 16.2. The fourth-order valence-corrected chi connectivity index (χ4v) is 1.97. The normalized spacial score (nSPS) is 15.9. The van der Waals surface area contributed by atoms with E-state index in [1.165, 1.54) is 19.0 Å². The van der Waals surface area contributed by atoms with Gasteiger partial charge in [0.2, 0.25) is 0 Å². The number of halogens is 1. The van der Waals surface area contributed by atoms with Crippen LogP contribution in [0.2, 0.25) is 5.02 Å². The topological polar surface area (TPSA) is 71.5 Å². The zero-order valence-corrected chi connectivity index (χ0v) is 13.1. The van der Waals surface area contributed by atoms with Gasteiger partial charge >= 0.3 is 0 Å². The third-order valence-electron chi connectivity index (χ3n) is 3.54. The van der Waals surface area contributed by atoms with Crippen LogP contribution in [0.4, 0.5) is 0 Å². The van der Waals surface area contributed by atoms with Gasteiger partial charge in [0.25, 0.3) is 5.91 Å². The number of carbonyl (C=O) groups excluding carboxylic acids is 1. The van der Waals surface area contributed by atoms with Crippen LogP contribution in [0, 0.1) is 11.8 Å². The number of aromatic nitrogens is 1. The van der Waals surface area contributed by atoms with E-state index < -0.39 is 0 Å². The molecule has 1 saturated carbocycles.